The van der Waals surface area contributed by atoms with Gasteiger partial charge in [0.2, 0.25) is 11.8 Å². The van der Waals surface area contributed by atoms with Gasteiger partial charge in [0.25, 0.3) is 0 Å². The normalized spacial score (nSPS) is 12.8. The van der Waals surface area contributed by atoms with E-state index in [1.54, 1.807) is 0 Å². The van der Waals surface area contributed by atoms with E-state index in [-0.39, 0.29) is 30.3 Å². The predicted octanol–water partition coefficient (Wildman–Crippen LogP) is 11.3. The van der Waals surface area contributed by atoms with Gasteiger partial charge in [-0.05, 0) is 25.7 Å². The Morgan fingerprint density at radius 2 is 0.610 bits per heavy atom. The maximum atomic E-state index is 13.4. The third-order valence-corrected chi connectivity index (χ3v) is 9.25. The first-order valence-corrected chi connectivity index (χ1v) is 18.4. The number of carbonyl (C=O) groups is 2. The van der Waals surface area contributed by atoms with E-state index in [4.69, 9.17) is 0 Å². The van der Waals surface area contributed by atoms with E-state index < -0.39 is 0 Å². The Morgan fingerprint density at radius 1 is 0.390 bits per heavy atom. The van der Waals surface area contributed by atoms with Gasteiger partial charge in [-0.2, -0.15) is 0 Å². The van der Waals surface area contributed by atoms with E-state index in [0.717, 1.165) is 25.7 Å². The van der Waals surface area contributed by atoms with Crippen molar-refractivity contribution >= 4 is 11.8 Å². The first-order valence-electron chi connectivity index (χ1n) is 18.4. The zero-order valence-corrected chi connectivity index (χ0v) is 29.0. The highest BCUT2D eigenvalue weighted by atomic mass is 16.2. The topological polar surface area (TPSA) is 40.6 Å². The summed E-state index contributed by atoms with van der Waals surface area (Å²) in [5.41, 5.74) is 0. The van der Waals surface area contributed by atoms with Crippen LogP contribution in [0.25, 0.3) is 0 Å². The van der Waals surface area contributed by atoms with Crippen molar-refractivity contribution in [3.8, 4) is 0 Å². The molecule has 0 N–H and O–H groups in total. The third kappa shape index (κ3) is 22.2. The summed E-state index contributed by atoms with van der Waals surface area (Å²) in [5.74, 6) is 0.0419. The lowest BCUT2D eigenvalue weighted by Crippen LogP contribution is -2.43. The molecule has 0 heterocycles. The molecule has 0 saturated carbocycles. The number of amides is 2. The summed E-state index contributed by atoms with van der Waals surface area (Å²) in [7, 11) is 3.93. The second-order valence-electron chi connectivity index (χ2n) is 13.0. The van der Waals surface area contributed by atoms with Gasteiger partial charge in [-0.25, -0.2) is 0 Å². The molecule has 0 saturated heterocycles. The molecule has 0 aliphatic carbocycles. The standard InChI is InChI=1S/C37H74N2O2/c1-7-11-15-19-23-27-31-34(29-25-21-17-13-9-3)38(5)36(40)33-37(41)39(6)35(30-26-22-18-14-10-4)32-28-24-20-16-12-8-2/h34-35H,7-33H2,1-6H3. The Balaban J connectivity index is 5.01. The molecule has 0 spiro atoms. The molecule has 0 bridgehead atoms. The maximum absolute atomic E-state index is 13.4. The summed E-state index contributed by atoms with van der Waals surface area (Å²) in [5, 5.41) is 0. The SMILES string of the molecule is CCCCCCCCC(CCCCCCC)N(C)C(=O)CC(=O)N(C)C(CCCCCCC)CCCCCCCC. The van der Waals surface area contributed by atoms with Crippen molar-refractivity contribution in [2.75, 3.05) is 14.1 Å². The van der Waals surface area contributed by atoms with Crippen molar-refractivity contribution in [1.82, 2.24) is 9.80 Å². The Labute approximate surface area is 258 Å². The smallest absolute Gasteiger partial charge is 0.232 e. The van der Waals surface area contributed by atoms with Crippen LogP contribution in [0.4, 0.5) is 0 Å². The minimum Gasteiger partial charge on any atom is -0.342 e. The zero-order valence-electron chi connectivity index (χ0n) is 29.0. The van der Waals surface area contributed by atoms with Gasteiger partial charge in [0.15, 0.2) is 0 Å². The third-order valence-electron chi connectivity index (χ3n) is 9.25. The molecule has 0 aromatic rings. The lowest BCUT2D eigenvalue weighted by molar-refractivity contribution is -0.141. The van der Waals surface area contributed by atoms with E-state index in [1.165, 1.54) is 141 Å². The molecule has 0 fully saturated rings. The number of hydrogen-bond acceptors (Lipinski definition) is 2. The molecule has 0 radical (unpaired) electrons. The van der Waals surface area contributed by atoms with Crippen molar-refractivity contribution < 1.29 is 9.59 Å². The fourth-order valence-electron chi connectivity index (χ4n) is 6.14. The number of unbranched alkanes of at least 4 members (excludes halogenated alkanes) is 18. The van der Waals surface area contributed by atoms with Gasteiger partial charge in [0.05, 0.1) is 0 Å². The minimum absolute atomic E-state index is 0.0210. The van der Waals surface area contributed by atoms with Crippen LogP contribution in [-0.4, -0.2) is 47.8 Å². The monoisotopic (exact) mass is 579 g/mol. The molecule has 0 aromatic heterocycles. The average Bonchev–Trinajstić information content (AvgIpc) is 2.97. The van der Waals surface area contributed by atoms with Crippen LogP contribution in [0.3, 0.4) is 0 Å². The molecular formula is C37H74N2O2. The highest BCUT2D eigenvalue weighted by Crippen LogP contribution is 2.21. The largest absolute Gasteiger partial charge is 0.342 e. The lowest BCUT2D eigenvalue weighted by Gasteiger charge is -2.31. The van der Waals surface area contributed by atoms with Gasteiger partial charge < -0.3 is 9.80 Å². The molecule has 0 aliphatic rings. The molecular weight excluding hydrogens is 504 g/mol. The molecule has 2 atom stereocenters. The first kappa shape index (κ1) is 39.9. The summed E-state index contributed by atoms with van der Waals surface area (Å²) in [6.07, 6.45) is 32.3. The highest BCUT2D eigenvalue weighted by Gasteiger charge is 2.26. The van der Waals surface area contributed by atoms with E-state index in [0.29, 0.717) is 0 Å². The average molecular weight is 579 g/mol. The van der Waals surface area contributed by atoms with Crippen molar-refractivity contribution in [3.63, 3.8) is 0 Å². The fraction of sp³-hybridized carbons (Fsp3) is 0.946. The van der Waals surface area contributed by atoms with E-state index in [9.17, 15) is 9.59 Å². The number of hydrogen-bond donors (Lipinski definition) is 0. The van der Waals surface area contributed by atoms with Gasteiger partial charge in [-0.1, -0.05) is 169 Å². The molecule has 2 amide bonds. The van der Waals surface area contributed by atoms with E-state index >= 15 is 0 Å². The Bertz CT molecular complexity index is 543. The molecule has 244 valence electrons. The quantitative estimate of drug-likeness (QED) is 0.0628. The van der Waals surface area contributed by atoms with Crippen molar-refractivity contribution in [1.29, 1.82) is 0 Å². The number of carbonyl (C=O) groups excluding carboxylic acids is 2. The molecule has 2 unspecified atom stereocenters. The van der Waals surface area contributed by atoms with Crippen LogP contribution in [-0.2, 0) is 9.59 Å². The summed E-state index contributed by atoms with van der Waals surface area (Å²) < 4.78 is 0. The highest BCUT2D eigenvalue weighted by molar-refractivity contribution is 5.96. The fourth-order valence-corrected chi connectivity index (χ4v) is 6.14. The molecule has 41 heavy (non-hydrogen) atoms. The Morgan fingerprint density at radius 3 is 0.854 bits per heavy atom. The van der Waals surface area contributed by atoms with Crippen molar-refractivity contribution in [2.45, 2.75) is 213 Å². The second-order valence-corrected chi connectivity index (χ2v) is 13.0. The molecule has 0 aliphatic heterocycles. The first-order chi connectivity index (χ1) is 19.9. The predicted molar refractivity (Wildman–Crippen MR) is 180 cm³/mol. The van der Waals surface area contributed by atoms with Crippen LogP contribution in [0, 0.1) is 0 Å². The summed E-state index contributed by atoms with van der Waals surface area (Å²) in [4.78, 5) is 30.7. The van der Waals surface area contributed by atoms with Crippen LogP contribution in [0.15, 0.2) is 0 Å². The van der Waals surface area contributed by atoms with Crippen LogP contribution >= 0.6 is 0 Å². The lowest BCUT2D eigenvalue weighted by atomic mass is 9.98. The zero-order chi connectivity index (χ0) is 30.6. The van der Waals surface area contributed by atoms with Crippen LogP contribution in [0.5, 0.6) is 0 Å². The second kappa shape index (κ2) is 29.0. The maximum Gasteiger partial charge on any atom is 0.232 e. The van der Waals surface area contributed by atoms with Crippen LogP contribution in [0.2, 0.25) is 0 Å². The Kier molecular flexibility index (Phi) is 28.3. The molecule has 0 rings (SSSR count). The molecule has 0 aromatic carbocycles. The van der Waals surface area contributed by atoms with E-state index in [1.807, 2.05) is 23.9 Å². The van der Waals surface area contributed by atoms with Crippen LogP contribution < -0.4 is 0 Å². The molecule has 4 heteroatoms. The van der Waals surface area contributed by atoms with Crippen LogP contribution in [0.1, 0.15) is 201 Å². The summed E-state index contributed by atoms with van der Waals surface area (Å²) >= 11 is 0. The minimum atomic E-state index is 0.0210. The van der Waals surface area contributed by atoms with Gasteiger partial charge in [-0.3, -0.25) is 9.59 Å². The van der Waals surface area contributed by atoms with Gasteiger partial charge in [0.1, 0.15) is 6.42 Å². The van der Waals surface area contributed by atoms with Crippen molar-refractivity contribution in [3.05, 3.63) is 0 Å². The van der Waals surface area contributed by atoms with E-state index in [2.05, 4.69) is 27.7 Å². The van der Waals surface area contributed by atoms with Gasteiger partial charge in [-0.15, -0.1) is 0 Å². The molecule has 4 nitrogen and oxygen atoms in total. The van der Waals surface area contributed by atoms with Gasteiger partial charge in [0, 0.05) is 26.2 Å². The Hall–Kier alpha value is -1.06. The van der Waals surface area contributed by atoms with Gasteiger partial charge >= 0.3 is 0 Å². The summed E-state index contributed by atoms with van der Waals surface area (Å²) in [6.45, 7) is 9.04. The van der Waals surface area contributed by atoms with Crippen molar-refractivity contribution in [2.24, 2.45) is 0 Å². The summed E-state index contributed by atoms with van der Waals surface area (Å²) in [6, 6.07) is 0.539. The number of rotatable bonds is 30. The number of nitrogens with zero attached hydrogens (tertiary/aromatic N) is 2.